The average molecular weight is 205 g/mol. The topological polar surface area (TPSA) is 58.4 Å². The molecule has 0 atom stereocenters. The van der Waals surface area contributed by atoms with Crippen LogP contribution in [0.2, 0.25) is 0 Å². The maximum Gasteiger partial charge on any atom is 0.253 e. The summed E-state index contributed by atoms with van der Waals surface area (Å²) in [6.07, 6.45) is 2.22. The Bertz CT molecular complexity index is 359. The molecule has 2 rings (SSSR count). The maximum absolute atomic E-state index is 12.0. The van der Waals surface area contributed by atoms with Crippen molar-refractivity contribution in [2.75, 3.05) is 18.5 Å². The largest absolute Gasteiger partial charge is 0.339 e. The minimum atomic E-state index is 0.101. The van der Waals surface area contributed by atoms with Crippen molar-refractivity contribution in [3.63, 3.8) is 0 Å². The van der Waals surface area contributed by atoms with Crippen molar-refractivity contribution >= 4 is 11.6 Å². The second kappa shape index (κ2) is 4.31. The molecule has 0 radical (unpaired) electrons. The lowest BCUT2D eigenvalue weighted by molar-refractivity contribution is 0.0793. The molecular formula is C11H15N3O. The van der Waals surface area contributed by atoms with Crippen LogP contribution in [0.5, 0.6) is 0 Å². The SMILES string of the molecule is NNc1cccc(C(=O)N2CCCC2)c1. The molecule has 1 saturated heterocycles. The molecule has 1 aliphatic rings. The second-order valence-electron chi connectivity index (χ2n) is 3.72. The Balaban J connectivity index is 2.17. The molecule has 15 heavy (non-hydrogen) atoms. The van der Waals surface area contributed by atoms with E-state index in [1.807, 2.05) is 23.1 Å². The van der Waals surface area contributed by atoms with Crippen molar-refractivity contribution in [3.8, 4) is 0 Å². The van der Waals surface area contributed by atoms with Gasteiger partial charge in [-0.25, -0.2) is 0 Å². The molecule has 80 valence electrons. The second-order valence-corrected chi connectivity index (χ2v) is 3.72. The molecule has 0 saturated carbocycles. The van der Waals surface area contributed by atoms with Gasteiger partial charge < -0.3 is 10.3 Å². The first-order valence-electron chi connectivity index (χ1n) is 5.17. The highest BCUT2D eigenvalue weighted by Crippen LogP contribution is 2.15. The van der Waals surface area contributed by atoms with E-state index in [0.29, 0.717) is 5.56 Å². The summed E-state index contributed by atoms with van der Waals surface area (Å²) in [6, 6.07) is 7.27. The van der Waals surface area contributed by atoms with Crippen molar-refractivity contribution in [2.24, 2.45) is 5.84 Å². The summed E-state index contributed by atoms with van der Waals surface area (Å²) in [5.74, 6) is 5.40. The molecule has 4 nitrogen and oxygen atoms in total. The molecule has 0 aromatic heterocycles. The fourth-order valence-electron chi connectivity index (χ4n) is 1.84. The fourth-order valence-corrected chi connectivity index (χ4v) is 1.84. The van der Waals surface area contributed by atoms with Gasteiger partial charge in [0, 0.05) is 24.3 Å². The van der Waals surface area contributed by atoms with E-state index in [1.54, 1.807) is 6.07 Å². The number of hydrogen-bond donors (Lipinski definition) is 2. The number of benzene rings is 1. The lowest BCUT2D eigenvalue weighted by Gasteiger charge is -2.15. The van der Waals surface area contributed by atoms with Crippen LogP contribution in [0.3, 0.4) is 0 Å². The van der Waals surface area contributed by atoms with Crippen molar-refractivity contribution in [2.45, 2.75) is 12.8 Å². The third kappa shape index (κ3) is 2.10. The number of rotatable bonds is 2. The number of nitrogens with zero attached hydrogens (tertiary/aromatic N) is 1. The highest BCUT2D eigenvalue weighted by atomic mass is 16.2. The summed E-state index contributed by atoms with van der Waals surface area (Å²) >= 11 is 0. The highest BCUT2D eigenvalue weighted by molar-refractivity contribution is 5.95. The molecule has 0 aliphatic carbocycles. The molecule has 1 amide bonds. The van der Waals surface area contributed by atoms with E-state index in [-0.39, 0.29) is 5.91 Å². The van der Waals surface area contributed by atoms with Crippen LogP contribution in [0, 0.1) is 0 Å². The molecule has 1 aromatic carbocycles. The standard InChI is InChI=1S/C11H15N3O/c12-13-10-5-3-4-9(8-10)11(15)14-6-1-2-7-14/h3-5,8,13H,1-2,6-7,12H2. The summed E-state index contributed by atoms with van der Waals surface area (Å²) in [5, 5.41) is 0. The number of carbonyl (C=O) groups excluding carboxylic acids is 1. The van der Waals surface area contributed by atoms with Gasteiger partial charge in [-0.1, -0.05) is 6.07 Å². The first-order valence-corrected chi connectivity index (χ1v) is 5.17. The van der Waals surface area contributed by atoms with E-state index in [2.05, 4.69) is 5.43 Å². The third-order valence-corrected chi connectivity index (χ3v) is 2.67. The Morgan fingerprint density at radius 3 is 2.73 bits per heavy atom. The van der Waals surface area contributed by atoms with Crippen LogP contribution >= 0.6 is 0 Å². The van der Waals surface area contributed by atoms with Gasteiger partial charge in [-0.05, 0) is 31.0 Å². The molecule has 4 heteroatoms. The molecular weight excluding hydrogens is 190 g/mol. The number of carbonyl (C=O) groups is 1. The molecule has 0 unspecified atom stereocenters. The number of likely N-dealkylation sites (tertiary alicyclic amines) is 1. The average Bonchev–Trinajstić information content (AvgIpc) is 2.81. The molecule has 0 bridgehead atoms. The maximum atomic E-state index is 12.0. The lowest BCUT2D eigenvalue weighted by Crippen LogP contribution is -2.27. The van der Waals surface area contributed by atoms with Crippen molar-refractivity contribution in [1.82, 2.24) is 4.90 Å². The van der Waals surface area contributed by atoms with E-state index in [0.717, 1.165) is 31.6 Å². The van der Waals surface area contributed by atoms with Crippen LogP contribution in [-0.2, 0) is 0 Å². The van der Waals surface area contributed by atoms with Crippen LogP contribution < -0.4 is 11.3 Å². The number of hydrazine groups is 1. The molecule has 3 N–H and O–H groups in total. The Morgan fingerprint density at radius 1 is 1.33 bits per heavy atom. The van der Waals surface area contributed by atoms with Crippen LogP contribution in [0.4, 0.5) is 5.69 Å². The minimum Gasteiger partial charge on any atom is -0.339 e. The van der Waals surface area contributed by atoms with Gasteiger partial charge >= 0.3 is 0 Å². The summed E-state index contributed by atoms with van der Waals surface area (Å²) < 4.78 is 0. The summed E-state index contributed by atoms with van der Waals surface area (Å²) in [5.41, 5.74) is 4.01. The number of nitrogens with two attached hydrogens (primary N) is 1. The van der Waals surface area contributed by atoms with E-state index in [9.17, 15) is 4.79 Å². The first-order chi connectivity index (χ1) is 7.31. The van der Waals surface area contributed by atoms with Crippen molar-refractivity contribution in [3.05, 3.63) is 29.8 Å². The monoisotopic (exact) mass is 205 g/mol. The van der Waals surface area contributed by atoms with E-state index in [1.165, 1.54) is 0 Å². The predicted molar refractivity (Wildman–Crippen MR) is 59.4 cm³/mol. The summed E-state index contributed by atoms with van der Waals surface area (Å²) in [6.45, 7) is 1.75. The zero-order valence-electron chi connectivity index (χ0n) is 8.57. The Kier molecular flexibility index (Phi) is 2.87. The van der Waals surface area contributed by atoms with Gasteiger partial charge in [-0.2, -0.15) is 0 Å². The zero-order chi connectivity index (χ0) is 10.7. The Morgan fingerprint density at radius 2 is 2.07 bits per heavy atom. The smallest absolute Gasteiger partial charge is 0.253 e. The van der Waals surface area contributed by atoms with Gasteiger partial charge in [0.2, 0.25) is 0 Å². The normalized spacial score (nSPS) is 15.4. The molecule has 1 aliphatic heterocycles. The van der Waals surface area contributed by atoms with Gasteiger partial charge in [-0.15, -0.1) is 0 Å². The quantitative estimate of drug-likeness (QED) is 0.563. The molecule has 1 heterocycles. The summed E-state index contributed by atoms with van der Waals surface area (Å²) in [7, 11) is 0. The first kappa shape index (κ1) is 9.98. The third-order valence-electron chi connectivity index (χ3n) is 2.67. The number of amides is 1. The van der Waals surface area contributed by atoms with Crippen LogP contribution in [0.25, 0.3) is 0 Å². The van der Waals surface area contributed by atoms with Gasteiger partial charge in [0.05, 0.1) is 0 Å². The van der Waals surface area contributed by atoms with Crippen LogP contribution in [-0.4, -0.2) is 23.9 Å². The Hall–Kier alpha value is -1.55. The number of nitrogens with one attached hydrogen (secondary N) is 1. The van der Waals surface area contributed by atoms with Gasteiger partial charge in [0.25, 0.3) is 5.91 Å². The lowest BCUT2D eigenvalue weighted by atomic mass is 10.2. The Labute approximate surface area is 89.0 Å². The number of anilines is 1. The zero-order valence-corrected chi connectivity index (χ0v) is 8.57. The minimum absolute atomic E-state index is 0.101. The van der Waals surface area contributed by atoms with Crippen molar-refractivity contribution in [1.29, 1.82) is 0 Å². The van der Waals surface area contributed by atoms with Gasteiger partial charge in [-0.3, -0.25) is 10.6 Å². The molecule has 1 aromatic rings. The highest BCUT2D eigenvalue weighted by Gasteiger charge is 2.19. The van der Waals surface area contributed by atoms with Crippen LogP contribution in [0.15, 0.2) is 24.3 Å². The fraction of sp³-hybridized carbons (Fsp3) is 0.364. The number of nitrogen functional groups attached to an aromatic ring is 1. The number of hydrogen-bond acceptors (Lipinski definition) is 3. The van der Waals surface area contributed by atoms with E-state index in [4.69, 9.17) is 5.84 Å². The van der Waals surface area contributed by atoms with E-state index < -0.39 is 0 Å². The molecule has 0 spiro atoms. The summed E-state index contributed by atoms with van der Waals surface area (Å²) in [4.78, 5) is 13.9. The predicted octanol–water partition coefficient (Wildman–Crippen LogP) is 1.21. The van der Waals surface area contributed by atoms with Crippen molar-refractivity contribution < 1.29 is 4.79 Å². The van der Waals surface area contributed by atoms with Gasteiger partial charge in [0.15, 0.2) is 0 Å². The van der Waals surface area contributed by atoms with Gasteiger partial charge in [0.1, 0.15) is 0 Å². The molecule has 1 fully saturated rings. The van der Waals surface area contributed by atoms with Crippen LogP contribution in [0.1, 0.15) is 23.2 Å². The van der Waals surface area contributed by atoms with E-state index >= 15 is 0 Å².